The van der Waals surface area contributed by atoms with E-state index in [1.165, 1.54) is 0 Å². The van der Waals surface area contributed by atoms with Gasteiger partial charge in [0.05, 0.1) is 24.9 Å². The minimum Gasteiger partial charge on any atom is -0.394 e. The van der Waals surface area contributed by atoms with Gasteiger partial charge in [0.15, 0.2) is 0 Å². The molecule has 6 heteroatoms. The number of rotatable bonds is 4. The number of nitrogens with zero attached hydrogens (tertiary/aromatic N) is 3. The Balaban J connectivity index is 2.10. The van der Waals surface area contributed by atoms with E-state index >= 15 is 0 Å². The third-order valence-corrected chi connectivity index (χ3v) is 3.28. The molecule has 0 aromatic carbocycles. The Morgan fingerprint density at radius 1 is 1.50 bits per heavy atom. The fraction of sp³-hybridized carbons (Fsp3) is 0.714. The van der Waals surface area contributed by atoms with Crippen molar-refractivity contribution in [1.29, 1.82) is 0 Å². The van der Waals surface area contributed by atoms with Crippen molar-refractivity contribution in [3.05, 3.63) is 17.6 Å². The second kappa shape index (κ2) is 6.03. The molecule has 0 aliphatic carbocycles. The van der Waals surface area contributed by atoms with Gasteiger partial charge in [-0.05, 0) is 20.8 Å². The van der Waals surface area contributed by atoms with Crippen LogP contribution >= 0.6 is 0 Å². The third-order valence-electron chi connectivity index (χ3n) is 3.28. The number of hydrogen-bond acceptors (Lipinski definition) is 6. The Kier molecular flexibility index (Phi) is 4.57. The van der Waals surface area contributed by atoms with Crippen LogP contribution in [0.5, 0.6) is 0 Å². The summed E-state index contributed by atoms with van der Waals surface area (Å²) in [7, 11) is 1.85. The predicted molar refractivity (Wildman–Crippen MR) is 77.6 cm³/mol. The molecule has 0 radical (unpaired) electrons. The molecule has 0 bridgehead atoms. The third kappa shape index (κ3) is 3.88. The van der Waals surface area contributed by atoms with Crippen LogP contribution in [0.2, 0.25) is 0 Å². The Labute approximate surface area is 120 Å². The summed E-state index contributed by atoms with van der Waals surface area (Å²) in [5.74, 6) is 1.63. The number of aryl methyl sites for hydroxylation is 1. The number of aliphatic hydroxyl groups is 1. The van der Waals surface area contributed by atoms with Gasteiger partial charge in [-0.25, -0.2) is 9.97 Å². The van der Waals surface area contributed by atoms with E-state index in [0.717, 1.165) is 23.9 Å². The van der Waals surface area contributed by atoms with Gasteiger partial charge < -0.3 is 15.2 Å². The van der Waals surface area contributed by atoms with Crippen molar-refractivity contribution in [2.24, 2.45) is 0 Å². The Hall–Kier alpha value is -1.24. The molecule has 0 amide bonds. The van der Waals surface area contributed by atoms with Crippen LogP contribution in [0.25, 0.3) is 0 Å². The summed E-state index contributed by atoms with van der Waals surface area (Å²) in [5.41, 5.74) is 0.687. The molecule has 1 saturated heterocycles. The average molecular weight is 280 g/mol. The van der Waals surface area contributed by atoms with Gasteiger partial charge in [0.1, 0.15) is 11.6 Å². The number of hydrogen-bond donors (Lipinski definition) is 2. The largest absolute Gasteiger partial charge is 0.394 e. The first kappa shape index (κ1) is 15.2. The average Bonchev–Trinajstić information content (AvgIpc) is 2.35. The molecule has 1 unspecified atom stereocenters. The van der Waals surface area contributed by atoms with Crippen molar-refractivity contribution in [3.63, 3.8) is 0 Å². The summed E-state index contributed by atoms with van der Waals surface area (Å²) in [5, 5.41) is 12.4. The van der Waals surface area contributed by atoms with Gasteiger partial charge in [-0.15, -0.1) is 0 Å². The maximum atomic E-state index is 9.34. The SMILES string of the molecule is CNc1cc(C)nc(CN2CC(CO)OC(C)(C)C2)n1. The molecule has 2 N–H and O–H groups in total. The van der Waals surface area contributed by atoms with Gasteiger partial charge in [-0.3, -0.25) is 4.90 Å². The van der Waals surface area contributed by atoms with Crippen LogP contribution in [0, 0.1) is 6.92 Å². The molecule has 20 heavy (non-hydrogen) atoms. The zero-order chi connectivity index (χ0) is 14.8. The number of aliphatic hydroxyl groups excluding tert-OH is 1. The standard InChI is InChI=1S/C14H24N4O2/c1-10-5-12(15-4)17-13(16-10)7-18-6-11(8-19)20-14(2,3)9-18/h5,11,19H,6-9H2,1-4H3,(H,15,16,17). The lowest BCUT2D eigenvalue weighted by Crippen LogP contribution is -2.53. The first-order valence-electron chi connectivity index (χ1n) is 6.95. The summed E-state index contributed by atoms with van der Waals surface area (Å²) in [6, 6.07) is 1.92. The van der Waals surface area contributed by atoms with E-state index in [2.05, 4.69) is 20.2 Å². The first-order chi connectivity index (χ1) is 9.41. The predicted octanol–water partition coefficient (Wildman–Crippen LogP) is 0.798. The van der Waals surface area contributed by atoms with Crippen molar-refractivity contribution in [1.82, 2.24) is 14.9 Å². The van der Waals surface area contributed by atoms with Crippen LogP contribution in [-0.2, 0) is 11.3 Å². The van der Waals surface area contributed by atoms with E-state index in [9.17, 15) is 5.11 Å². The van der Waals surface area contributed by atoms with Crippen LogP contribution in [-0.4, -0.2) is 58.4 Å². The summed E-state index contributed by atoms with van der Waals surface area (Å²) in [6.07, 6.45) is -0.146. The Morgan fingerprint density at radius 2 is 2.25 bits per heavy atom. The first-order valence-corrected chi connectivity index (χ1v) is 6.95. The molecule has 1 aliphatic rings. The Bertz CT molecular complexity index is 464. The highest BCUT2D eigenvalue weighted by molar-refractivity contribution is 5.34. The van der Waals surface area contributed by atoms with Crippen molar-refractivity contribution in [2.75, 3.05) is 32.1 Å². The normalized spacial score (nSPS) is 22.8. The van der Waals surface area contributed by atoms with Crippen LogP contribution in [0.15, 0.2) is 6.07 Å². The lowest BCUT2D eigenvalue weighted by molar-refractivity contribution is -0.151. The fourth-order valence-electron chi connectivity index (χ4n) is 2.66. The molecule has 0 spiro atoms. The number of aromatic nitrogens is 2. The number of nitrogens with one attached hydrogen (secondary N) is 1. The van der Waals surface area contributed by atoms with E-state index in [1.807, 2.05) is 33.9 Å². The molecular formula is C14H24N4O2. The second-order valence-electron chi connectivity index (χ2n) is 5.91. The molecule has 1 fully saturated rings. The highest BCUT2D eigenvalue weighted by atomic mass is 16.5. The number of anilines is 1. The Morgan fingerprint density at radius 3 is 2.90 bits per heavy atom. The minimum absolute atomic E-state index is 0.0381. The van der Waals surface area contributed by atoms with Crippen molar-refractivity contribution in [2.45, 2.75) is 39.0 Å². The summed E-state index contributed by atoms with van der Waals surface area (Å²) < 4.78 is 5.81. The van der Waals surface area contributed by atoms with Crippen LogP contribution in [0.3, 0.4) is 0 Å². The number of morpholine rings is 1. The fourth-order valence-corrected chi connectivity index (χ4v) is 2.66. The van der Waals surface area contributed by atoms with Gasteiger partial charge in [0, 0.05) is 31.9 Å². The molecule has 1 aromatic rings. The molecule has 0 saturated carbocycles. The summed E-state index contributed by atoms with van der Waals surface area (Å²) in [6.45, 7) is 8.25. The lowest BCUT2D eigenvalue weighted by atomic mass is 10.1. The number of ether oxygens (including phenoxy) is 1. The van der Waals surface area contributed by atoms with Gasteiger partial charge in [0.2, 0.25) is 0 Å². The topological polar surface area (TPSA) is 70.5 Å². The zero-order valence-corrected chi connectivity index (χ0v) is 12.7. The van der Waals surface area contributed by atoms with E-state index in [4.69, 9.17) is 4.74 Å². The zero-order valence-electron chi connectivity index (χ0n) is 12.7. The van der Waals surface area contributed by atoms with Gasteiger partial charge in [-0.1, -0.05) is 0 Å². The minimum atomic E-state index is -0.263. The van der Waals surface area contributed by atoms with Crippen molar-refractivity contribution < 1.29 is 9.84 Å². The quantitative estimate of drug-likeness (QED) is 0.850. The molecule has 6 nitrogen and oxygen atoms in total. The molecule has 1 aliphatic heterocycles. The van der Waals surface area contributed by atoms with Crippen molar-refractivity contribution >= 4 is 5.82 Å². The maximum Gasteiger partial charge on any atom is 0.144 e. The van der Waals surface area contributed by atoms with Gasteiger partial charge in [0.25, 0.3) is 0 Å². The second-order valence-corrected chi connectivity index (χ2v) is 5.91. The maximum absolute atomic E-state index is 9.34. The monoisotopic (exact) mass is 280 g/mol. The highest BCUT2D eigenvalue weighted by Crippen LogP contribution is 2.22. The molecule has 1 aromatic heterocycles. The lowest BCUT2D eigenvalue weighted by Gasteiger charge is -2.42. The van der Waals surface area contributed by atoms with Crippen LogP contribution < -0.4 is 5.32 Å². The molecule has 2 heterocycles. The van der Waals surface area contributed by atoms with E-state index in [1.54, 1.807) is 0 Å². The van der Waals surface area contributed by atoms with Gasteiger partial charge in [-0.2, -0.15) is 0 Å². The highest BCUT2D eigenvalue weighted by Gasteiger charge is 2.33. The molecule has 112 valence electrons. The van der Waals surface area contributed by atoms with Crippen molar-refractivity contribution in [3.8, 4) is 0 Å². The van der Waals surface area contributed by atoms with Gasteiger partial charge >= 0.3 is 0 Å². The molecular weight excluding hydrogens is 256 g/mol. The van der Waals surface area contributed by atoms with E-state index in [-0.39, 0.29) is 18.3 Å². The summed E-state index contributed by atoms with van der Waals surface area (Å²) >= 11 is 0. The summed E-state index contributed by atoms with van der Waals surface area (Å²) in [4.78, 5) is 11.2. The van der Waals surface area contributed by atoms with E-state index in [0.29, 0.717) is 13.1 Å². The van der Waals surface area contributed by atoms with E-state index < -0.39 is 0 Å². The smallest absolute Gasteiger partial charge is 0.144 e. The van der Waals surface area contributed by atoms with Crippen LogP contribution in [0.4, 0.5) is 5.82 Å². The molecule has 2 rings (SSSR count). The van der Waals surface area contributed by atoms with Crippen LogP contribution in [0.1, 0.15) is 25.4 Å². The molecule has 1 atom stereocenters.